The van der Waals surface area contributed by atoms with Crippen LogP contribution in [-0.4, -0.2) is 31.9 Å². The fourth-order valence-corrected chi connectivity index (χ4v) is 4.59. The second kappa shape index (κ2) is 6.14. The molecule has 1 aliphatic rings. The monoisotopic (exact) mass is 310 g/mol. The van der Waals surface area contributed by atoms with E-state index in [1.54, 1.807) is 0 Å². The van der Waals surface area contributed by atoms with E-state index in [0.717, 1.165) is 18.6 Å². The Kier molecular flexibility index (Phi) is 4.67. The molecule has 2 unspecified atom stereocenters. The number of benzene rings is 1. The van der Waals surface area contributed by atoms with Crippen molar-refractivity contribution in [1.82, 2.24) is 4.31 Å². The normalized spacial score (nSPS) is 22.9. The predicted octanol–water partition coefficient (Wildman–Crippen LogP) is 1.55. The summed E-state index contributed by atoms with van der Waals surface area (Å²) in [7, 11) is -3.68. The van der Waals surface area contributed by atoms with E-state index < -0.39 is 15.8 Å². The molecule has 1 aromatic rings. The summed E-state index contributed by atoms with van der Waals surface area (Å²) in [5.41, 5.74) is 5.47. The van der Waals surface area contributed by atoms with E-state index in [1.807, 2.05) is 13.8 Å². The SMILES string of the molecule is CC1CC(C)N(S(=O)(=O)c2ccc(F)cc2C#CCN)C1. The molecule has 21 heavy (non-hydrogen) atoms. The molecule has 4 nitrogen and oxygen atoms in total. The molecule has 1 fully saturated rings. The number of sulfonamides is 1. The summed E-state index contributed by atoms with van der Waals surface area (Å²) in [5, 5.41) is 0. The van der Waals surface area contributed by atoms with E-state index in [-0.39, 0.29) is 23.0 Å². The van der Waals surface area contributed by atoms with E-state index >= 15 is 0 Å². The van der Waals surface area contributed by atoms with Crippen molar-refractivity contribution in [3.8, 4) is 11.8 Å². The van der Waals surface area contributed by atoms with E-state index in [0.29, 0.717) is 12.5 Å². The first kappa shape index (κ1) is 16.0. The molecule has 1 aliphatic heterocycles. The zero-order chi connectivity index (χ0) is 15.6. The predicted molar refractivity (Wildman–Crippen MR) is 79.5 cm³/mol. The van der Waals surface area contributed by atoms with Crippen LogP contribution in [0.15, 0.2) is 23.1 Å². The number of nitrogens with zero attached hydrogens (tertiary/aromatic N) is 1. The molecule has 0 spiro atoms. The van der Waals surface area contributed by atoms with E-state index in [2.05, 4.69) is 11.8 Å². The van der Waals surface area contributed by atoms with Crippen molar-refractivity contribution >= 4 is 10.0 Å². The van der Waals surface area contributed by atoms with Gasteiger partial charge in [-0.2, -0.15) is 4.31 Å². The summed E-state index contributed by atoms with van der Waals surface area (Å²) < 4.78 is 40.4. The molecule has 0 bridgehead atoms. The standard InChI is InChI=1S/C15H19FN2O2S/c1-11-8-12(2)18(10-11)21(19,20)15-6-5-14(16)9-13(15)4-3-7-17/h5-6,9,11-12H,7-8,10,17H2,1-2H3. The molecule has 114 valence electrons. The van der Waals surface area contributed by atoms with Crippen LogP contribution < -0.4 is 5.73 Å². The minimum absolute atomic E-state index is 0.0470. The van der Waals surface area contributed by atoms with Crippen molar-refractivity contribution in [3.63, 3.8) is 0 Å². The lowest BCUT2D eigenvalue weighted by Crippen LogP contribution is -2.34. The number of halogens is 1. The molecule has 0 radical (unpaired) electrons. The summed E-state index contributed by atoms with van der Waals surface area (Å²) in [6.07, 6.45) is 0.824. The third-order valence-electron chi connectivity index (χ3n) is 3.58. The van der Waals surface area contributed by atoms with Crippen molar-refractivity contribution in [2.24, 2.45) is 11.7 Å². The largest absolute Gasteiger partial charge is 0.320 e. The van der Waals surface area contributed by atoms with Crippen molar-refractivity contribution < 1.29 is 12.8 Å². The third kappa shape index (κ3) is 3.26. The molecule has 0 saturated carbocycles. The van der Waals surface area contributed by atoms with Gasteiger partial charge in [-0.15, -0.1) is 0 Å². The summed E-state index contributed by atoms with van der Waals surface area (Å²) in [5.74, 6) is 5.03. The van der Waals surface area contributed by atoms with Crippen molar-refractivity contribution in [2.75, 3.05) is 13.1 Å². The minimum atomic E-state index is -3.68. The molecule has 0 amide bonds. The zero-order valence-corrected chi connectivity index (χ0v) is 13.0. The first-order valence-electron chi connectivity index (χ1n) is 6.86. The van der Waals surface area contributed by atoms with Crippen LogP contribution in [0.4, 0.5) is 4.39 Å². The highest BCUT2D eigenvalue weighted by Gasteiger charge is 2.37. The maximum Gasteiger partial charge on any atom is 0.244 e. The highest BCUT2D eigenvalue weighted by Crippen LogP contribution is 2.30. The van der Waals surface area contributed by atoms with Crippen molar-refractivity contribution in [1.29, 1.82) is 0 Å². The fourth-order valence-electron chi connectivity index (χ4n) is 2.69. The summed E-state index contributed by atoms with van der Waals surface area (Å²) >= 11 is 0. The van der Waals surface area contributed by atoms with Crippen molar-refractivity contribution in [2.45, 2.75) is 31.2 Å². The van der Waals surface area contributed by atoms with Gasteiger partial charge in [-0.25, -0.2) is 12.8 Å². The lowest BCUT2D eigenvalue weighted by Gasteiger charge is -2.21. The van der Waals surface area contributed by atoms with Gasteiger partial charge in [-0.1, -0.05) is 18.8 Å². The number of hydrogen-bond acceptors (Lipinski definition) is 3. The second-order valence-corrected chi connectivity index (χ2v) is 7.27. The van der Waals surface area contributed by atoms with Crippen LogP contribution in [0.2, 0.25) is 0 Å². The maximum atomic E-state index is 13.4. The lowest BCUT2D eigenvalue weighted by molar-refractivity contribution is 0.405. The van der Waals surface area contributed by atoms with Gasteiger partial charge in [0.25, 0.3) is 0 Å². The van der Waals surface area contributed by atoms with E-state index in [9.17, 15) is 12.8 Å². The van der Waals surface area contributed by atoms with Crippen LogP contribution in [0.25, 0.3) is 0 Å². The molecule has 2 atom stereocenters. The summed E-state index contributed by atoms with van der Waals surface area (Å²) in [6, 6.07) is 3.50. The number of hydrogen-bond donors (Lipinski definition) is 1. The first-order chi connectivity index (χ1) is 9.86. The summed E-state index contributed by atoms with van der Waals surface area (Å²) in [4.78, 5) is 0.0470. The first-order valence-corrected chi connectivity index (χ1v) is 8.30. The quantitative estimate of drug-likeness (QED) is 0.843. The molecule has 2 N–H and O–H groups in total. The van der Waals surface area contributed by atoms with Gasteiger partial charge < -0.3 is 5.73 Å². The molecule has 1 aromatic carbocycles. The van der Waals surface area contributed by atoms with Crippen LogP contribution in [0.1, 0.15) is 25.8 Å². The van der Waals surface area contributed by atoms with Crippen LogP contribution in [-0.2, 0) is 10.0 Å². The third-order valence-corrected chi connectivity index (χ3v) is 5.62. The molecular weight excluding hydrogens is 291 g/mol. The Bertz CT molecular complexity index is 691. The van der Waals surface area contributed by atoms with Crippen molar-refractivity contribution in [3.05, 3.63) is 29.6 Å². The molecule has 0 aromatic heterocycles. The van der Waals surface area contributed by atoms with Gasteiger partial charge in [0, 0.05) is 18.2 Å². The van der Waals surface area contributed by atoms with Crippen LogP contribution in [0.5, 0.6) is 0 Å². The summed E-state index contributed by atoms with van der Waals surface area (Å²) in [6.45, 7) is 4.47. The average molecular weight is 310 g/mol. The smallest absolute Gasteiger partial charge is 0.244 e. The molecular formula is C15H19FN2O2S. The Morgan fingerprint density at radius 3 is 2.71 bits per heavy atom. The minimum Gasteiger partial charge on any atom is -0.320 e. The number of nitrogens with two attached hydrogens (primary N) is 1. The molecule has 2 rings (SSSR count). The van der Waals surface area contributed by atoms with Crippen LogP contribution >= 0.6 is 0 Å². The Morgan fingerprint density at radius 2 is 2.14 bits per heavy atom. The zero-order valence-electron chi connectivity index (χ0n) is 12.1. The Balaban J connectivity index is 2.50. The molecule has 6 heteroatoms. The van der Waals surface area contributed by atoms with Crippen LogP contribution in [0.3, 0.4) is 0 Å². The van der Waals surface area contributed by atoms with Gasteiger partial charge >= 0.3 is 0 Å². The van der Waals surface area contributed by atoms with E-state index in [1.165, 1.54) is 10.4 Å². The van der Waals surface area contributed by atoms with Gasteiger partial charge in [-0.05, 0) is 37.5 Å². The Hall–Kier alpha value is -1.42. The molecule has 0 aliphatic carbocycles. The molecule has 1 heterocycles. The average Bonchev–Trinajstić information content (AvgIpc) is 2.76. The number of rotatable bonds is 2. The molecule has 1 saturated heterocycles. The van der Waals surface area contributed by atoms with Gasteiger partial charge in [0.1, 0.15) is 5.82 Å². The van der Waals surface area contributed by atoms with E-state index in [4.69, 9.17) is 5.73 Å². The Morgan fingerprint density at radius 1 is 1.43 bits per heavy atom. The lowest BCUT2D eigenvalue weighted by atomic mass is 10.1. The fraction of sp³-hybridized carbons (Fsp3) is 0.467. The van der Waals surface area contributed by atoms with Crippen LogP contribution in [0, 0.1) is 23.6 Å². The Labute approximate surface area is 125 Å². The second-order valence-electron chi connectivity index (χ2n) is 5.41. The highest BCUT2D eigenvalue weighted by molar-refractivity contribution is 7.89. The topological polar surface area (TPSA) is 63.4 Å². The van der Waals surface area contributed by atoms with Gasteiger partial charge in [0.2, 0.25) is 10.0 Å². The maximum absolute atomic E-state index is 13.4. The van der Waals surface area contributed by atoms with Gasteiger partial charge in [0.05, 0.1) is 11.4 Å². The van der Waals surface area contributed by atoms with Gasteiger partial charge in [-0.3, -0.25) is 0 Å². The van der Waals surface area contributed by atoms with Gasteiger partial charge in [0.15, 0.2) is 0 Å². The highest BCUT2D eigenvalue weighted by atomic mass is 32.2.